The van der Waals surface area contributed by atoms with Crippen molar-refractivity contribution < 1.29 is 5.11 Å². The van der Waals surface area contributed by atoms with Crippen LogP contribution in [-0.4, -0.2) is 33.2 Å². The number of hydrogen-bond acceptors (Lipinski definition) is 2. The van der Waals surface area contributed by atoms with E-state index in [4.69, 9.17) is 12.2 Å². The van der Waals surface area contributed by atoms with Gasteiger partial charge in [0.15, 0.2) is 0 Å². The zero-order chi connectivity index (χ0) is 19.4. The zero-order valence-electron chi connectivity index (χ0n) is 16.8. The molecule has 0 amide bonds. The van der Waals surface area contributed by atoms with E-state index in [-0.39, 0.29) is 0 Å². The highest BCUT2D eigenvalue weighted by molar-refractivity contribution is 7.80. The van der Waals surface area contributed by atoms with E-state index in [2.05, 4.69) is 69.0 Å². The van der Waals surface area contributed by atoms with Crippen LogP contribution < -0.4 is 0 Å². The van der Waals surface area contributed by atoms with Crippen LogP contribution in [-0.2, 0) is 6.42 Å². The number of hydrogen-bond donors (Lipinski definition) is 1. The Balaban J connectivity index is 2.61. The average Bonchev–Trinajstić information content (AvgIpc) is 2.52. The standard InChI is InChI=1S/C23H31NOS/c1-15(2)13-20(25)14-19-12-11-18-9-7-8-10-21(18)22(19)23(26)24(16(3)4)17(5)6/h7-13,16-17,20,25H,14H2,1-6H3. The maximum absolute atomic E-state index is 10.5. The van der Waals surface area contributed by atoms with Gasteiger partial charge >= 0.3 is 0 Å². The highest BCUT2D eigenvalue weighted by atomic mass is 32.1. The van der Waals surface area contributed by atoms with Gasteiger partial charge in [-0.1, -0.05) is 60.3 Å². The van der Waals surface area contributed by atoms with E-state index >= 15 is 0 Å². The van der Waals surface area contributed by atoms with Crippen molar-refractivity contribution >= 4 is 28.0 Å². The Labute approximate surface area is 163 Å². The van der Waals surface area contributed by atoms with E-state index in [1.165, 1.54) is 5.39 Å². The van der Waals surface area contributed by atoms with Gasteiger partial charge in [0.1, 0.15) is 4.99 Å². The number of nitrogens with zero attached hydrogens (tertiary/aromatic N) is 1. The molecule has 1 N–H and O–H groups in total. The molecule has 0 radical (unpaired) electrons. The number of thiocarbonyl (C=S) groups is 1. The Hall–Kier alpha value is -1.71. The van der Waals surface area contributed by atoms with E-state index in [1.54, 1.807) is 0 Å². The van der Waals surface area contributed by atoms with Crippen molar-refractivity contribution in [2.75, 3.05) is 0 Å². The molecule has 1 unspecified atom stereocenters. The molecule has 2 aromatic carbocycles. The lowest BCUT2D eigenvalue weighted by Gasteiger charge is -2.34. The van der Waals surface area contributed by atoms with Crippen molar-refractivity contribution in [2.24, 2.45) is 0 Å². The van der Waals surface area contributed by atoms with Gasteiger partial charge in [-0.3, -0.25) is 0 Å². The van der Waals surface area contributed by atoms with Crippen LogP contribution in [0.15, 0.2) is 48.0 Å². The molecular formula is C23H31NOS. The van der Waals surface area contributed by atoms with Crippen LogP contribution in [0, 0.1) is 0 Å². The van der Waals surface area contributed by atoms with Crippen LogP contribution in [0.2, 0.25) is 0 Å². The minimum absolute atomic E-state index is 0.317. The lowest BCUT2D eigenvalue weighted by atomic mass is 9.93. The lowest BCUT2D eigenvalue weighted by Crippen LogP contribution is -2.42. The molecule has 0 fully saturated rings. The summed E-state index contributed by atoms with van der Waals surface area (Å²) in [7, 11) is 0. The van der Waals surface area contributed by atoms with Crippen LogP contribution in [0.25, 0.3) is 10.8 Å². The SMILES string of the molecule is CC(C)=CC(O)Cc1ccc2ccccc2c1C(=S)N(C(C)C)C(C)C. The Bertz CT molecular complexity index is 795. The molecule has 2 aromatic rings. The molecule has 0 spiro atoms. The van der Waals surface area contributed by atoms with Gasteiger partial charge in [0.05, 0.1) is 6.10 Å². The van der Waals surface area contributed by atoms with Crippen molar-refractivity contribution in [3.63, 3.8) is 0 Å². The average molecular weight is 370 g/mol. The third-order valence-corrected chi connectivity index (χ3v) is 4.95. The van der Waals surface area contributed by atoms with Gasteiger partial charge in [0.2, 0.25) is 0 Å². The summed E-state index contributed by atoms with van der Waals surface area (Å²) in [6.45, 7) is 12.7. The quantitative estimate of drug-likeness (QED) is 0.537. The monoisotopic (exact) mass is 369 g/mol. The first-order valence-electron chi connectivity index (χ1n) is 9.38. The minimum atomic E-state index is -0.505. The number of aliphatic hydroxyl groups is 1. The third-order valence-electron chi connectivity index (χ3n) is 4.53. The second-order valence-electron chi connectivity index (χ2n) is 7.74. The summed E-state index contributed by atoms with van der Waals surface area (Å²) in [6, 6.07) is 13.2. The van der Waals surface area contributed by atoms with Crippen LogP contribution >= 0.6 is 12.2 Å². The molecule has 0 saturated heterocycles. The van der Waals surface area contributed by atoms with E-state index in [9.17, 15) is 5.11 Å². The summed E-state index contributed by atoms with van der Waals surface area (Å²) in [5.74, 6) is 0. The highest BCUT2D eigenvalue weighted by Gasteiger charge is 2.23. The Kier molecular flexibility index (Phi) is 6.96. The van der Waals surface area contributed by atoms with Crippen LogP contribution in [0.5, 0.6) is 0 Å². The predicted molar refractivity (Wildman–Crippen MR) is 117 cm³/mol. The van der Waals surface area contributed by atoms with E-state index in [0.29, 0.717) is 18.5 Å². The molecule has 0 aliphatic heterocycles. The molecule has 0 aromatic heterocycles. The van der Waals surface area contributed by atoms with Gasteiger partial charge in [-0.25, -0.2) is 0 Å². The number of benzene rings is 2. The molecule has 2 rings (SSSR count). The maximum atomic E-state index is 10.5. The zero-order valence-corrected chi connectivity index (χ0v) is 17.6. The number of fused-ring (bicyclic) bond motifs is 1. The van der Waals surface area contributed by atoms with Gasteiger partial charge in [0.25, 0.3) is 0 Å². The van der Waals surface area contributed by atoms with Crippen molar-refractivity contribution in [1.29, 1.82) is 0 Å². The van der Waals surface area contributed by atoms with Crippen molar-refractivity contribution in [2.45, 2.75) is 66.2 Å². The Morgan fingerprint density at radius 1 is 1.04 bits per heavy atom. The topological polar surface area (TPSA) is 23.5 Å². The van der Waals surface area contributed by atoms with Gasteiger partial charge in [-0.15, -0.1) is 0 Å². The Morgan fingerprint density at radius 2 is 1.65 bits per heavy atom. The minimum Gasteiger partial charge on any atom is -0.389 e. The molecule has 2 nitrogen and oxygen atoms in total. The smallest absolute Gasteiger partial charge is 0.110 e. The molecule has 3 heteroatoms. The fourth-order valence-corrected chi connectivity index (χ4v) is 4.27. The maximum Gasteiger partial charge on any atom is 0.110 e. The molecule has 26 heavy (non-hydrogen) atoms. The predicted octanol–water partition coefficient (Wildman–Crippen LogP) is 5.50. The van der Waals surface area contributed by atoms with Crippen LogP contribution in [0.1, 0.15) is 52.7 Å². The number of rotatable bonds is 6. The highest BCUT2D eigenvalue weighted by Crippen LogP contribution is 2.27. The second-order valence-corrected chi connectivity index (χ2v) is 8.12. The summed E-state index contributed by atoms with van der Waals surface area (Å²) in [5, 5.41) is 12.8. The summed E-state index contributed by atoms with van der Waals surface area (Å²) >= 11 is 5.98. The molecule has 1 atom stereocenters. The van der Waals surface area contributed by atoms with E-state index in [0.717, 1.165) is 27.1 Å². The first-order valence-corrected chi connectivity index (χ1v) is 9.79. The largest absolute Gasteiger partial charge is 0.389 e. The molecule has 0 bridgehead atoms. The molecule has 0 saturated carbocycles. The number of aliphatic hydroxyl groups excluding tert-OH is 1. The van der Waals surface area contributed by atoms with Gasteiger partial charge < -0.3 is 10.0 Å². The van der Waals surface area contributed by atoms with Crippen LogP contribution in [0.3, 0.4) is 0 Å². The summed E-state index contributed by atoms with van der Waals surface area (Å²) in [4.78, 5) is 3.15. The van der Waals surface area contributed by atoms with Crippen molar-refractivity contribution in [3.8, 4) is 0 Å². The fraction of sp³-hybridized carbons (Fsp3) is 0.435. The van der Waals surface area contributed by atoms with Crippen LogP contribution in [0.4, 0.5) is 0 Å². The first kappa shape index (κ1) is 20.6. The normalized spacial score (nSPS) is 12.5. The molecular weight excluding hydrogens is 338 g/mol. The Morgan fingerprint density at radius 3 is 2.23 bits per heavy atom. The van der Waals surface area contributed by atoms with Gasteiger partial charge in [0, 0.05) is 24.1 Å². The molecule has 0 aliphatic rings. The summed E-state index contributed by atoms with van der Waals surface area (Å²) in [6.07, 6.45) is 1.97. The van der Waals surface area contributed by atoms with Gasteiger partial charge in [-0.2, -0.15) is 0 Å². The van der Waals surface area contributed by atoms with E-state index in [1.807, 2.05) is 19.9 Å². The first-order chi connectivity index (χ1) is 12.2. The second kappa shape index (κ2) is 8.79. The number of allylic oxidation sites excluding steroid dienone is 1. The van der Waals surface area contributed by atoms with E-state index < -0.39 is 6.10 Å². The van der Waals surface area contributed by atoms with Crippen molar-refractivity contribution in [1.82, 2.24) is 4.90 Å². The third kappa shape index (κ3) is 4.72. The molecule has 0 aliphatic carbocycles. The summed E-state index contributed by atoms with van der Waals surface area (Å²) in [5.41, 5.74) is 3.31. The summed E-state index contributed by atoms with van der Waals surface area (Å²) < 4.78 is 0. The fourth-order valence-electron chi connectivity index (χ4n) is 3.60. The lowest BCUT2D eigenvalue weighted by molar-refractivity contribution is 0.223. The van der Waals surface area contributed by atoms with Gasteiger partial charge in [-0.05, 0) is 57.9 Å². The molecule has 140 valence electrons. The molecule has 0 heterocycles. The van der Waals surface area contributed by atoms with Crippen molar-refractivity contribution in [3.05, 3.63) is 59.2 Å².